The summed E-state index contributed by atoms with van der Waals surface area (Å²) >= 11 is 7.90. The Morgan fingerprint density at radius 3 is 2.75 bits per heavy atom. The van der Waals surface area contributed by atoms with E-state index in [1.54, 1.807) is 23.9 Å². The van der Waals surface area contributed by atoms with Crippen LogP contribution in [0.3, 0.4) is 0 Å². The second-order valence-corrected chi connectivity index (χ2v) is 6.65. The lowest BCUT2D eigenvalue weighted by molar-refractivity contribution is -0.139. The van der Waals surface area contributed by atoms with Gasteiger partial charge in [-0.15, -0.1) is 11.8 Å². The molecule has 24 heavy (non-hydrogen) atoms. The number of thioether (sulfide) groups is 1. The van der Waals surface area contributed by atoms with Gasteiger partial charge in [0.2, 0.25) is 6.79 Å². The number of carboxylic acids is 1. The molecule has 1 N–H and O–H groups in total. The third kappa shape index (κ3) is 3.88. The molecule has 0 saturated heterocycles. The number of halogens is 1. The first-order valence-electron chi connectivity index (χ1n) is 7.19. The maximum absolute atomic E-state index is 10.6. The molecule has 1 aliphatic rings. The van der Waals surface area contributed by atoms with Crippen molar-refractivity contribution in [1.29, 1.82) is 0 Å². The summed E-state index contributed by atoms with van der Waals surface area (Å²) in [5.41, 5.74) is 1.85. The minimum atomic E-state index is -0.995. The quantitative estimate of drug-likeness (QED) is 0.775. The molecule has 0 unspecified atom stereocenters. The maximum Gasteiger partial charge on any atom is 0.341 e. The van der Waals surface area contributed by atoms with Gasteiger partial charge in [-0.1, -0.05) is 11.6 Å². The van der Waals surface area contributed by atoms with Crippen LogP contribution in [-0.2, 0) is 10.5 Å². The van der Waals surface area contributed by atoms with Crippen molar-refractivity contribution in [2.45, 2.75) is 17.6 Å². The molecule has 3 rings (SSSR count). The number of hydrogen-bond acceptors (Lipinski definition) is 5. The topological polar surface area (TPSA) is 65.0 Å². The smallest absolute Gasteiger partial charge is 0.341 e. The van der Waals surface area contributed by atoms with Crippen LogP contribution in [-0.4, -0.2) is 24.5 Å². The van der Waals surface area contributed by atoms with Crippen LogP contribution in [0, 0.1) is 6.92 Å². The van der Waals surface area contributed by atoms with Gasteiger partial charge in [0.15, 0.2) is 18.1 Å². The van der Waals surface area contributed by atoms with Crippen molar-refractivity contribution >= 4 is 29.3 Å². The van der Waals surface area contributed by atoms with E-state index in [1.807, 2.05) is 25.1 Å². The van der Waals surface area contributed by atoms with E-state index in [-0.39, 0.29) is 13.4 Å². The van der Waals surface area contributed by atoms with Crippen LogP contribution >= 0.6 is 23.4 Å². The second-order valence-electron chi connectivity index (χ2n) is 5.20. The molecule has 0 fully saturated rings. The maximum atomic E-state index is 10.6. The molecular formula is C17H15ClO5S. The van der Waals surface area contributed by atoms with Crippen LogP contribution in [0.5, 0.6) is 17.2 Å². The highest BCUT2D eigenvalue weighted by atomic mass is 35.5. The first-order valence-corrected chi connectivity index (χ1v) is 8.55. The zero-order chi connectivity index (χ0) is 17.1. The number of carbonyl (C=O) groups is 1. The summed E-state index contributed by atoms with van der Waals surface area (Å²) in [4.78, 5) is 11.6. The van der Waals surface area contributed by atoms with Gasteiger partial charge in [0, 0.05) is 21.7 Å². The predicted molar refractivity (Wildman–Crippen MR) is 91.4 cm³/mol. The summed E-state index contributed by atoms with van der Waals surface area (Å²) in [6, 6.07) is 9.31. The zero-order valence-electron chi connectivity index (χ0n) is 12.9. The summed E-state index contributed by atoms with van der Waals surface area (Å²) in [5.74, 6) is 1.64. The largest absolute Gasteiger partial charge is 0.482 e. The van der Waals surface area contributed by atoms with E-state index in [9.17, 15) is 4.79 Å². The number of aryl methyl sites for hydroxylation is 1. The van der Waals surface area contributed by atoms with Crippen LogP contribution in [0.2, 0.25) is 5.02 Å². The average molecular weight is 367 g/mol. The summed E-state index contributed by atoms with van der Waals surface area (Å²) < 4.78 is 15.9. The van der Waals surface area contributed by atoms with Crippen molar-refractivity contribution in [3.8, 4) is 17.2 Å². The van der Waals surface area contributed by atoms with Gasteiger partial charge in [0.1, 0.15) is 5.75 Å². The number of carboxylic acid groups (broad SMARTS) is 1. The summed E-state index contributed by atoms with van der Waals surface area (Å²) in [5, 5.41) is 9.31. The van der Waals surface area contributed by atoms with Gasteiger partial charge in [-0.2, -0.15) is 0 Å². The molecule has 0 aromatic heterocycles. The van der Waals surface area contributed by atoms with Gasteiger partial charge in [0.05, 0.1) is 0 Å². The Hall–Kier alpha value is -2.05. The summed E-state index contributed by atoms with van der Waals surface area (Å²) in [6.07, 6.45) is 0. The minimum absolute atomic E-state index is 0.221. The van der Waals surface area contributed by atoms with Gasteiger partial charge in [0.25, 0.3) is 0 Å². The summed E-state index contributed by atoms with van der Waals surface area (Å²) in [7, 11) is 0. The number of rotatable bonds is 6. The molecule has 0 bridgehead atoms. The van der Waals surface area contributed by atoms with E-state index in [0.717, 1.165) is 16.0 Å². The molecule has 2 aromatic carbocycles. The molecule has 0 spiro atoms. The fraction of sp³-hybridized carbons (Fsp3) is 0.235. The van der Waals surface area contributed by atoms with E-state index in [1.165, 1.54) is 0 Å². The summed E-state index contributed by atoms with van der Waals surface area (Å²) in [6.45, 7) is 1.76. The first kappa shape index (κ1) is 16.8. The third-order valence-corrected chi connectivity index (χ3v) is 4.83. The van der Waals surface area contributed by atoms with Gasteiger partial charge >= 0.3 is 5.97 Å². The lowest BCUT2D eigenvalue weighted by atomic mass is 10.2. The SMILES string of the molecule is Cc1cc(SCc2cc3c(cc2Cl)OCO3)ccc1OCC(=O)O. The monoisotopic (exact) mass is 366 g/mol. The normalized spacial score (nSPS) is 12.2. The number of hydrogen-bond donors (Lipinski definition) is 1. The van der Waals surface area contributed by atoms with Crippen LogP contribution in [0.25, 0.3) is 0 Å². The van der Waals surface area contributed by atoms with E-state index >= 15 is 0 Å². The number of fused-ring (bicyclic) bond motifs is 1. The van der Waals surface area contributed by atoms with E-state index in [4.69, 9.17) is 30.9 Å². The van der Waals surface area contributed by atoms with Crippen molar-refractivity contribution < 1.29 is 24.1 Å². The molecule has 1 aliphatic heterocycles. The van der Waals surface area contributed by atoms with Crippen molar-refractivity contribution in [2.24, 2.45) is 0 Å². The average Bonchev–Trinajstić information content (AvgIpc) is 2.98. The molecule has 0 radical (unpaired) electrons. The van der Waals surface area contributed by atoms with Crippen molar-refractivity contribution in [3.63, 3.8) is 0 Å². The Morgan fingerprint density at radius 1 is 1.29 bits per heavy atom. The Bertz CT molecular complexity index is 778. The highest BCUT2D eigenvalue weighted by molar-refractivity contribution is 7.98. The molecule has 0 atom stereocenters. The highest BCUT2D eigenvalue weighted by Gasteiger charge is 2.16. The standard InChI is InChI=1S/C17H15ClO5S/c1-10-4-12(2-3-14(10)21-7-17(19)20)24-8-11-5-15-16(6-13(11)18)23-9-22-15/h2-6H,7-9H2,1H3,(H,19,20). The second kappa shape index (κ2) is 7.23. The fourth-order valence-electron chi connectivity index (χ4n) is 2.24. The molecule has 126 valence electrons. The van der Waals surface area contributed by atoms with Gasteiger partial charge in [-0.05, 0) is 42.3 Å². The lowest BCUT2D eigenvalue weighted by Crippen LogP contribution is -2.09. The lowest BCUT2D eigenvalue weighted by Gasteiger charge is -2.10. The highest BCUT2D eigenvalue weighted by Crippen LogP contribution is 2.39. The van der Waals surface area contributed by atoms with Crippen LogP contribution in [0.4, 0.5) is 0 Å². The van der Waals surface area contributed by atoms with Crippen LogP contribution < -0.4 is 14.2 Å². The van der Waals surface area contributed by atoms with Crippen LogP contribution in [0.1, 0.15) is 11.1 Å². The van der Waals surface area contributed by atoms with Crippen molar-refractivity contribution in [1.82, 2.24) is 0 Å². The molecule has 7 heteroatoms. The van der Waals surface area contributed by atoms with Crippen molar-refractivity contribution in [3.05, 3.63) is 46.5 Å². The molecule has 2 aromatic rings. The molecule has 5 nitrogen and oxygen atoms in total. The van der Waals surface area contributed by atoms with Gasteiger partial charge < -0.3 is 19.3 Å². The fourth-order valence-corrected chi connectivity index (χ4v) is 3.53. The van der Waals surface area contributed by atoms with E-state index in [2.05, 4.69) is 0 Å². The van der Waals surface area contributed by atoms with Crippen LogP contribution in [0.15, 0.2) is 35.2 Å². The Labute approximate surface area is 148 Å². The Morgan fingerprint density at radius 2 is 2.04 bits per heavy atom. The molecular weight excluding hydrogens is 352 g/mol. The van der Waals surface area contributed by atoms with Crippen molar-refractivity contribution in [2.75, 3.05) is 13.4 Å². The van der Waals surface area contributed by atoms with Gasteiger partial charge in [-0.3, -0.25) is 0 Å². The Balaban J connectivity index is 1.67. The number of benzene rings is 2. The third-order valence-electron chi connectivity index (χ3n) is 3.43. The number of aliphatic carboxylic acids is 1. The van der Waals surface area contributed by atoms with E-state index < -0.39 is 5.97 Å². The molecule has 0 amide bonds. The molecule has 0 saturated carbocycles. The van der Waals surface area contributed by atoms with Gasteiger partial charge in [-0.25, -0.2) is 4.79 Å². The minimum Gasteiger partial charge on any atom is -0.482 e. The molecule has 1 heterocycles. The Kier molecular flexibility index (Phi) is 5.06. The predicted octanol–water partition coefficient (Wildman–Crippen LogP) is 4.13. The molecule has 0 aliphatic carbocycles. The first-order chi connectivity index (χ1) is 11.5. The van der Waals surface area contributed by atoms with E-state index in [0.29, 0.717) is 28.0 Å². The zero-order valence-corrected chi connectivity index (χ0v) is 14.4. The number of ether oxygens (including phenoxy) is 3.